The van der Waals surface area contributed by atoms with E-state index in [0.29, 0.717) is 17.6 Å². The molecule has 0 saturated heterocycles. The van der Waals surface area contributed by atoms with Crippen LogP contribution in [0.5, 0.6) is 5.75 Å². The average Bonchev–Trinajstić information content (AvgIpc) is 3.28. The van der Waals surface area contributed by atoms with Gasteiger partial charge in [0.15, 0.2) is 11.6 Å². The molecular weight excluding hydrogens is 294 g/mol. The monoisotopic (exact) mass is 321 g/mol. The maximum absolute atomic E-state index is 11.8. The molecule has 0 aliphatic heterocycles. The van der Waals surface area contributed by atoms with Crippen molar-refractivity contribution in [3.8, 4) is 5.75 Å². The Morgan fingerprint density at radius 1 is 1.43 bits per heavy atom. The van der Waals surface area contributed by atoms with E-state index in [2.05, 4.69) is 22.5 Å². The maximum Gasteiger partial charge on any atom is 0.413 e. The van der Waals surface area contributed by atoms with Gasteiger partial charge in [-0.2, -0.15) is 0 Å². The second kappa shape index (κ2) is 7.17. The van der Waals surface area contributed by atoms with Gasteiger partial charge in [0.25, 0.3) is 0 Å². The van der Waals surface area contributed by atoms with E-state index in [1.54, 1.807) is 13.3 Å². The molecule has 1 aromatic heterocycles. The molecule has 2 N–H and O–H groups in total. The van der Waals surface area contributed by atoms with E-state index in [4.69, 9.17) is 9.47 Å². The molecule has 0 aromatic carbocycles. The average molecular weight is 321 g/mol. The normalized spacial score (nSPS) is 15.9. The fraction of sp³-hybridized carbons (Fsp3) is 0.647. The smallest absolute Gasteiger partial charge is 0.413 e. The fourth-order valence-corrected chi connectivity index (χ4v) is 2.27. The maximum atomic E-state index is 11.8. The van der Waals surface area contributed by atoms with Gasteiger partial charge in [0.2, 0.25) is 0 Å². The minimum absolute atomic E-state index is 0.362. The highest BCUT2D eigenvalue weighted by molar-refractivity contribution is 5.85. The predicted molar refractivity (Wildman–Crippen MR) is 89.7 cm³/mol. The van der Waals surface area contributed by atoms with Crippen molar-refractivity contribution < 1.29 is 14.3 Å². The molecule has 0 spiro atoms. The lowest BCUT2D eigenvalue weighted by Gasteiger charge is -2.20. The lowest BCUT2D eigenvalue weighted by atomic mass is 10.2. The molecular formula is C17H27N3O3. The van der Waals surface area contributed by atoms with Crippen LogP contribution in [0.15, 0.2) is 12.3 Å². The van der Waals surface area contributed by atoms with Crippen LogP contribution in [-0.4, -0.2) is 29.8 Å². The molecule has 0 bridgehead atoms. The number of hydrogen-bond donors (Lipinski definition) is 2. The number of nitrogens with zero attached hydrogens (tertiary/aromatic N) is 1. The SMILES string of the molecule is COc1cc(CN[C@@H](C)C2CC2)cnc1NC(=O)OC(C)(C)C. The molecule has 1 saturated carbocycles. The highest BCUT2D eigenvalue weighted by Crippen LogP contribution is 2.32. The van der Waals surface area contributed by atoms with Crippen molar-refractivity contribution in [2.45, 2.75) is 58.7 Å². The molecule has 23 heavy (non-hydrogen) atoms. The third kappa shape index (κ3) is 5.71. The summed E-state index contributed by atoms with van der Waals surface area (Å²) < 4.78 is 10.5. The van der Waals surface area contributed by atoms with Crippen molar-refractivity contribution in [1.82, 2.24) is 10.3 Å². The van der Waals surface area contributed by atoms with Crippen LogP contribution in [0.2, 0.25) is 0 Å². The minimum Gasteiger partial charge on any atom is -0.493 e. The molecule has 128 valence electrons. The summed E-state index contributed by atoms with van der Waals surface area (Å²) in [6.07, 6.45) is 3.82. The minimum atomic E-state index is -0.555. The molecule has 1 aromatic rings. The standard InChI is InChI=1S/C17H27N3O3/c1-11(13-6-7-13)18-9-12-8-14(22-5)15(19-10-12)20-16(21)23-17(2,3)4/h8,10-11,13,18H,6-7,9H2,1-5H3,(H,19,20,21)/t11-/m0/s1. The summed E-state index contributed by atoms with van der Waals surface area (Å²) in [7, 11) is 1.56. The first kappa shape index (κ1) is 17.5. The van der Waals surface area contributed by atoms with Crippen molar-refractivity contribution in [1.29, 1.82) is 0 Å². The fourth-order valence-electron chi connectivity index (χ4n) is 2.27. The molecule has 1 aliphatic rings. The number of aromatic nitrogens is 1. The Hall–Kier alpha value is -1.82. The second-order valence-corrected chi connectivity index (χ2v) is 7.03. The first-order valence-electron chi connectivity index (χ1n) is 8.05. The molecule has 1 heterocycles. The van der Waals surface area contributed by atoms with Gasteiger partial charge in [-0.25, -0.2) is 9.78 Å². The number of ether oxygens (including phenoxy) is 2. The Morgan fingerprint density at radius 2 is 2.13 bits per heavy atom. The van der Waals surface area contributed by atoms with Gasteiger partial charge in [-0.15, -0.1) is 0 Å². The Kier molecular flexibility index (Phi) is 5.46. The van der Waals surface area contributed by atoms with Crippen molar-refractivity contribution in [3.63, 3.8) is 0 Å². The number of methoxy groups -OCH3 is 1. The summed E-state index contributed by atoms with van der Waals surface area (Å²) in [4.78, 5) is 16.1. The van der Waals surface area contributed by atoms with E-state index in [0.717, 1.165) is 18.0 Å². The topological polar surface area (TPSA) is 72.5 Å². The van der Waals surface area contributed by atoms with Crippen LogP contribution >= 0.6 is 0 Å². The van der Waals surface area contributed by atoms with Crippen LogP contribution < -0.4 is 15.4 Å². The summed E-state index contributed by atoms with van der Waals surface area (Å²) in [5.74, 6) is 1.69. The van der Waals surface area contributed by atoms with Gasteiger partial charge in [0, 0.05) is 18.8 Å². The molecule has 1 amide bonds. The number of carbonyl (C=O) groups excluding carboxylic acids is 1. The van der Waals surface area contributed by atoms with Crippen LogP contribution in [-0.2, 0) is 11.3 Å². The number of nitrogens with one attached hydrogen (secondary N) is 2. The van der Waals surface area contributed by atoms with Crippen LogP contribution in [0.25, 0.3) is 0 Å². The van der Waals surface area contributed by atoms with E-state index in [1.807, 2.05) is 26.8 Å². The Balaban J connectivity index is 1.96. The van der Waals surface area contributed by atoms with E-state index >= 15 is 0 Å². The second-order valence-electron chi connectivity index (χ2n) is 7.03. The zero-order valence-electron chi connectivity index (χ0n) is 14.6. The predicted octanol–water partition coefficient (Wildman–Crippen LogP) is 3.33. The first-order valence-corrected chi connectivity index (χ1v) is 8.05. The van der Waals surface area contributed by atoms with Gasteiger partial charge in [0.1, 0.15) is 5.60 Å². The molecule has 6 heteroatoms. The summed E-state index contributed by atoms with van der Waals surface area (Å²) in [6, 6.07) is 2.40. The van der Waals surface area contributed by atoms with Gasteiger partial charge < -0.3 is 14.8 Å². The summed E-state index contributed by atoms with van der Waals surface area (Å²) in [5.41, 5.74) is 0.462. The van der Waals surface area contributed by atoms with Gasteiger partial charge in [0.05, 0.1) is 7.11 Å². The molecule has 0 radical (unpaired) electrons. The van der Waals surface area contributed by atoms with Gasteiger partial charge in [-0.05, 0) is 58.1 Å². The first-order chi connectivity index (χ1) is 10.8. The van der Waals surface area contributed by atoms with E-state index in [9.17, 15) is 4.79 Å². The van der Waals surface area contributed by atoms with Crippen molar-refractivity contribution in [2.75, 3.05) is 12.4 Å². The van der Waals surface area contributed by atoms with Crippen LogP contribution in [0.3, 0.4) is 0 Å². The third-order valence-electron chi connectivity index (χ3n) is 3.71. The summed E-state index contributed by atoms with van der Waals surface area (Å²) in [5, 5.41) is 6.12. The van der Waals surface area contributed by atoms with Crippen molar-refractivity contribution >= 4 is 11.9 Å². The number of pyridine rings is 1. The van der Waals surface area contributed by atoms with Crippen LogP contribution in [0, 0.1) is 5.92 Å². The highest BCUT2D eigenvalue weighted by Gasteiger charge is 2.27. The molecule has 2 rings (SSSR count). The molecule has 1 atom stereocenters. The molecule has 1 fully saturated rings. The highest BCUT2D eigenvalue weighted by atomic mass is 16.6. The number of rotatable bonds is 6. The van der Waals surface area contributed by atoms with Crippen molar-refractivity contribution in [2.24, 2.45) is 5.92 Å². The summed E-state index contributed by atoms with van der Waals surface area (Å²) >= 11 is 0. The van der Waals surface area contributed by atoms with Crippen LogP contribution in [0.1, 0.15) is 46.1 Å². The van der Waals surface area contributed by atoms with Gasteiger partial charge in [-0.1, -0.05) is 0 Å². The van der Waals surface area contributed by atoms with Crippen molar-refractivity contribution in [3.05, 3.63) is 17.8 Å². The number of anilines is 1. The quantitative estimate of drug-likeness (QED) is 0.841. The number of hydrogen-bond acceptors (Lipinski definition) is 5. The van der Waals surface area contributed by atoms with Gasteiger partial charge >= 0.3 is 6.09 Å². The lowest BCUT2D eigenvalue weighted by molar-refractivity contribution is 0.0634. The third-order valence-corrected chi connectivity index (χ3v) is 3.71. The van der Waals surface area contributed by atoms with E-state index in [1.165, 1.54) is 12.8 Å². The number of amides is 1. The molecule has 1 aliphatic carbocycles. The molecule has 6 nitrogen and oxygen atoms in total. The van der Waals surface area contributed by atoms with E-state index < -0.39 is 11.7 Å². The Morgan fingerprint density at radius 3 is 2.70 bits per heavy atom. The summed E-state index contributed by atoms with van der Waals surface area (Å²) in [6.45, 7) is 8.38. The van der Waals surface area contributed by atoms with Gasteiger partial charge in [-0.3, -0.25) is 5.32 Å². The number of carbonyl (C=O) groups is 1. The largest absolute Gasteiger partial charge is 0.493 e. The zero-order chi connectivity index (χ0) is 17.0. The zero-order valence-corrected chi connectivity index (χ0v) is 14.6. The van der Waals surface area contributed by atoms with E-state index in [-0.39, 0.29) is 0 Å². The molecule has 0 unspecified atom stereocenters. The lowest BCUT2D eigenvalue weighted by Crippen LogP contribution is -2.28. The Bertz CT molecular complexity index is 551. The Labute approximate surface area is 138 Å². The van der Waals surface area contributed by atoms with Crippen LogP contribution in [0.4, 0.5) is 10.6 Å².